The molecule has 1 amide bonds. The van der Waals surface area contributed by atoms with Crippen molar-refractivity contribution >= 4 is 37.8 Å². The minimum atomic E-state index is 0.113. The fourth-order valence-corrected chi connectivity index (χ4v) is 3.70. The third-order valence-electron chi connectivity index (χ3n) is 3.62. The van der Waals surface area contributed by atoms with Crippen LogP contribution in [0.3, 0.4) is 0 Å². The Kier molecular flexibility index (Phi) is 5.03. The maximum absolute atomic E-state index is 12.5. The van der Waals surface area contributed by atoms with Crippen molar-refractivity contribution in [2.24, 2.45) is 0 Å². The van der Waals surface area contributed by atoms with Crippen LogP contribution in [0.5, 0.6) is 0 Å². The van der Waals surface area contributed by atoms with Gasteiger partial charge in [-0.1, -0.05) is 22.9 Å². The quantitative estimate of drug-likeness (QED) is 0.774. The summed E-state index contributed by atoms with van der Waals surface area (Å²) in [4.78, 5) is 16.9. The van der Waals surface area contributed by atoms with E-state index in [2.05, 4.69) is 50.6 Å². The zero-order valence-electron chi connectivity index (χ0n) is 11.2. The highest BCUT2D eigenvalue weighted by molar-refractivity contribution is 9.11. The Morgan fingerprint density at radius 1 is 1.37 bits per heavy atom. The van der Waals surface area contributed by atoms with Gasteiger partial charge in [-0.3, -0.25) is 9.69 Å². The Morgan fingerprint density at radius 2 is 2.11 bits per heavy atom. The van der Waals surface area contributed by atoms with Crippen LogP contribution in [0.2, 0.25) is 0 Å². The van der Waals surface area contributed by atoms with Gasteiger partial charge in [0.05, 0.1) is 5.56 Å². The second-order valence-corrected chi connectivity index (χ2v) is 6.62. The van der Waals surface area contributed by atoms with Crippen molar-refractivity contribution < 1.29 is 4.79 Å². The van der Waals surface area contributed by atoms with Gasteiger partial charge >= 0.3 is 0 Å². The van der Waals surface area contributed by atoms with Crippen LogP contribution in [-0.4, -0.2) is 47.9 Å². The monoisotopic (exact) mass is 388 g/mol. The van der Waals surface area contributed by atoms with E-state index < -0.39 is 0 Å². The highest BCUT2D eigenvalue weighted by Gasteiger charge is 2.27. The second kappa shape index (κ2) is 6.37. The molecule has 0 radical (unpaired) electrons. The van der Waals surface area contributed by atoms with Gasteiger partial charge in [0, 0.05) is 34.6 Å². The van der Waals surface area contributed by atoms with E-state index in [4.69, 9.17) is 0 Å². The number of amides is 1. The van der Waals surface area contributed by atoms with Crippen molar-refractivity contribution in [2.45, 2.75) is 19.9 Å². The molecular formula is C14H18Br2N2O. The normalized spacial score (nSPS) is 20.6. The van der Waals surface area contributed by atoms with Crippen LogP contribution in [0.15, 0.2) is 27.1 Å². The average molecular weight is 390 g/mol. The summed E-state index contributed by atoms with van der Waals surface area (Å²) in [6.07, 6.45) is 0. The number of halogens is 2. The maximum atomic E-state index is 12.5. The summed E-state index contributed by atoms with van der Waals surface area (Å²) >= 11 is 6.87. The van der Waals surface area contributed by atoms with Crippen LogP contribution >= 0.6 is 31.9 Å². The number of benzene rings is 1. The van der Waals surface area contributed by atoms with Crippen LogP contribution in [0.25, 0.3) is 0 Å². The topological polar surface area (TPSA) is 23.6 Å². The van der Waals surface area contributed by atoms with Gasteiger partial charge in [-0.05, 0) is 47.6 Å². The zero-order chi connectivity index (χ0) is 14.0. The molecule has 0 aliphatic carbocycles. The molecule has 1 aromatic rings. The minimum Gasteiger partial charge on any atom is -0.336 e. The van der Waals surface area contributed by atoms with E-state index >= 15 is 0 Å². The predicted molar refractivity (Wildman–Crippen MR) is 84.5 cm³/mol. The van der Waals surface area contributed by atoms with Crippen LogP contribution in [-0.2, 0) is 0 Å². The smallest absolute Gasteiger partial charge is 0.255 e. The molecule has 1 aromatic carbocycles. The minimum absolute atomic E-state index is 0.113. The molecule has 104 valence electrons. The molecule has 1 heterocycles. The number of piperazine rings is 1. The first-order valence-corrected chi connectivity index (χ1v) is 8.10. The molecule has 1 aliphatic rings. The molecule has 0 bridgehead atoms. The van der Waals surface area contributed by atoms with Crippen LogP contribution in [0.4, 0.5) is 0 Å². The number of likely N-dealkylation sites (N-methyl/N-ethyl adjacent to an activating group) is 1. The number of rotatable bonds is 2. The Hall–Kier alpha value is -0.390. The highest BCUT2D eigenvalue weighted by atomic mass is 79.9. The molecule has 0 aromatic heterocycles. The Bertz CT molecular complexity index is 479. The zero-order valence-corrected chi connectivity index (χ0v) is 14.4. The maximum Gasteiger partial charge on any atom is 0.255 e. The van der Waals surface area contributed by atoms with Crippen LogP contribution in [0.1, 0.15) is 24.2 Å². The summed E-state index contributed by atoms with van der Waals surface area (Å²) < 4.78 is 1.82. The van der Waals surface area contributed by atoms with Gasteiger partial charge in [-0.15, -0.1) is 0 Å². The molecule has 1 fully saturated rings. The Morgan fingerprint density at radius 3 is 2.68 bits per heavy atom. The molecule has 1 saturated heterocycles. The van der Waals surface area contributed by atoms with Crippen molar-refractivity contribution in [2.75, 3.05) is 26.2 Å². The first-order valence-electron chi connectivity index (χ1n) is 6.51. The SMILES string of the molecule is CCN1CCN(C(=O)c2ccc(Br)cc2Br)CC1C. The summed E-state index contributed by atoms with van der Waals surface area (Å²) in [7, 11) is 0. The van der Waals surface area contributed by atoms with E-state index in [1.807, 2.05) is 23.1 Å². The van der Waals surface area contributed by atoms with E-state index in [1.54, 1.807) is 0 Å². The van der Waals surface area contributed by atoms with E-state index in [-0.39, 0.29) is 5.91 Å². The highest BCUT2D eigenvalue weighted by Crippen LogP contribution is 2.24. The molecule has 1 unspecified atom stereocenters. The van der Waals surface area contributed by atoms with Crippen molar-refractivity contribution in [3.63, 3.8) is 0 Å². The van der Waals surface area contributed by atoms with E-state index in [0.717, 1.165) is 40.7 Å². The third kappa shape index (κ3) is 3.38. The lowest BCUT2D eigenvalue weighted by molar-refractivity contribution is 0.0527. The number of carbonyl (C=O) groups is 1. The molecule has 1 atom stereocenters. The number of nitrogens with zero attached hydrogens (tertiary/aromatic N) is 2. The van der Waals surface area contributed by atoms with Gasteiger partial charge < -0.3 is 4.90 Å². The first-order chi connectivity index (χ1) is 9.02. The first kappa shape index (κ1) is 15.0. The van der Waals surface area contributed by atoms with E-state index in [1.165, 1.54) is 0 Å². The molecule has 5 heteroatoms. The van der Waals surface area contributed by atoms with E-state index in [9.17, 15) is 4.79 Å². The lowest BCUT2D eigenvalue weighted by Crippen LogP contribution is -2.53. The predicted octanol–water partition coefficient (Wildman–Crippen LogP) is 3.38. The van der Waals surface area contributed by atoms with Crippen molar-refractivity contribution in [3.05, 3.63) is 32.7 Å². The fourth-order valence-electron chi connectivity index (χ4n) is 2.48. The fraction of sp³-hybridized carbons (Fsp3) is 0.500. The van der Waals surface area contributed by atoms with Gasteiger partial charge in [-0.2, -0.15) is 0 Å². The summed E-state index contributed by atoms with van der Waals surface area (Å²) in [5, 5.41) is 0. The van der Waals surface area contributed by atoms with E-state index in [0.29, 0.717) is 6.04 Å². The summed E-state index contributed by atoms with van der Waals surface area (Å²) in [6, 6.07) is 6.12. The van der Waals surface area contributed by atoms with Crippen molar-refractivity contribution in [1.29, 1.82) is 0 Å². The van der Waals surface area contributed by atoms with Crippen LogP contribution in [0, 0.1) is 0 Å². The van der Waals surface area contributed by atoms with Crippen molar-refractivity contribution in [3.8, 4) is 0 Å². The summed E-state index contributed by atoms with van der Waals surface area (Å²) in [5.41, 5.74) is 0.736. The average Bonchev–Trinajstić information content (AvgIpc) is 2.38. The second-order valence-electron chi connectivity index (χ2n) is 4.85. The van der Waals surface area contributed by atoms with Crippen molar-refractivity contribution in [1.82, 2.24) is 9.80 Å². The van der Waals surface area contributed by atoms with Gasteiger partial charge in [0.1, 0.15) is 0 Å². The molecule has 0 N–H and O–H groups in total. The molecular weight excluding hydrogens is 372 g/mol. The number of hydrogen-bond donors (Lipinski definition) is 0. The Labute approximate surface area is 131 Å². The summed E-state index contributed by atoms with van der Waals surface area (Å²) in [6.45, 7) is 7.95. The number of hydrogen-bond acceptors (Lipinski definition) is 2. The molecule has 3 nitrogen and oxygen atoms in total. The standard InChI is InChI=1S/C14H18Br2N2O/c1-3-17-6-7-18(9-10(17)2)14(19)12-5-4-11(15)8-13(12)16/h4-5,8,10H,3,6-7,9H2,1-2H3. The van der Waals surface area contributed by atoms with Gasteiger partial charge in [0.2, 0.25) is 0 Å². The number of carbonyl (C=O) groups excluding carboxylic acids is 1. The lowest BCUT2D eigenvalue weighted by Gasteiger charge is -2.39. The Balaban J connectivity index is 2.12. The largest absolute Gasteiger partial charge is 0.336 e. The van der Waals surface area contributed by atoms with Crippen LogP contribution < -0.4 is 0 Å². The molecule has 0 spiro atoms. The molecule has 19 heavy (non-hydrogen) atoms. The van der Waals surface area contributed by atoms with Gasteiger partial charge in [0.15, 0.2) is 0 Å². The molecule has 2 rings (SSSR count). The lowest BCUT2D eigenvalue weighted by atomic mass is 10.1. The van der Waals surface area contributed by atoms with Gasteiger partial charge in [0.25, 0.3) is 5.91 Å². The molecule has 0 saturated carbocycles. The van der Waals surface area contributed by atoms with Gasteiger partial charge in [-0.25, -0.2) is 0 Å². The third-order valence-corrected chi connectivity index (χ3v) is 4.77. The molecule has 1 aliphatic heterocycles. The summed E-state index contributed by atoms with van der Waals surface area (Å²) in [5.74, 6) is 0.113.